The van der Waals surface area contributed by atoms with E-state index in [4.69, 9.17) is 0 Å². The number of rotatable bonds is 4. The van der Waals surface area contributed by atoms with Crippen molar-refractivity contribution in [2.24, 2.45) is 0 Å². The van der Waals surface area contributed by atoms with Gasteiger partial charge in [-0.2, -0.15) is 0 Å². The first kappa shape index (κ1) is 14.9. The van der Waals surface area contributed by atoms with Gasteiger partial charge < -0.3 is 10.4 Å². The molecule has 0 saturated heterocycles. The Balaban J connectivity index is 1.68. The maximum Gasteiger partial charge on any atom is 0.225 e. The minimum atomic E-state index is -0.586. The van der Waals surface area contributed by atoms with Crippen LogP contribution in [0.15, 0.2) is 35.7 Å². The van der Waals surface area contributed by atoms with Gasteiger partial charge in [0.25, 0.3) is 0 Å². The molecule has 2 aromatic rings. The van der Waals surface area contributed by atoms with E-state index in [2.05, 4.69) is 5.32 Å². The molecule has 1 aliphatic carbocycles. The highest BCUT2D eigenvalue weighted by Gasteiger charge is 2.31. The number of carbonyl (C=O) groups is 2. The summed E-state index contributed by atoms with van der Waals surface area (Å²) in [4.78, 5) is 24.1. The van der Waals surface area contributed by atoms with Gasteiger partial charge in [-0.15, -0.1) is 11.3 Å². The molecule has 0 saturated carbocycles. The summed E-state index contributed by atoms with van der Waals surface area (Å²) in [5, 5.41) is 14.9. The van der Waals surface area contributed by atoms with Crippen LogP contribution in [-0.2, 0) is 17.6 Å². The average molecular weight is 315 g/mol. The lowest BCUT2D eigenvalue weighted by Crippen LogP contribution is -2.34. The monoisotopic (exact) mass is 315 g/mol. The summed E-state index contributed by atoms with van der Waals surface area (Å²) in [5.74, 6) is -0.134. The van der Waals surface area contributed by atoms with E-state index in [0.29, 0.717) is 11.3 Å². The van der Waals surface area contributed by atoms with Gasteiger partial charge in [0, 0.05) is 6.42 Å². The fraction of sp³-hybridized carbons (Fsp3) is 0.294. The van der Waals surface area contributed by atoms with Gasteiger partial charge in [0.15, 0.2) is 5.78 Å². The predicted octanol–water partition coefficient (Wildman–Crippen LogP) is 2.27. The molecule has 2 unspecified atom stereocenters. The first-order chi connectivity index (χ1) is 10.5. The quantitative estimate of drug-likeness (QED) is 0.851. The van der Waals surface area contributed by atoms with E-state index in [1.165, 1.54) is 18.3 Å². The van der Waals surface area contributed by atoms with Crippen LogP contribution in [0.4, 0.5) is 0 Å². The number of aliphatic hydroxyl groups is 1. The van der Waals surface area contributed by atoms with Crippen molar-refractivity contribution in [3.63, 3.8) is 0 Å². The summed E-state index contributed by atoms with van der Waals surface area (Å²) < 4.78 is 0. The average Bonchev–Trinajstić information content (AvgIpc) is 3.05. The number of nitrogens with one attached hydrogen (secondary N) is 1. The third kappa shape index (κ3) is 2.96. The number of amides is 1. The lowest BCUT2D eigenvalue weighted by Gasteiger charge is -2.17. The summed E-state index contributed by atoms with van der Waals surface area (Å²) in [7, 11) is 0. The third-order valence-corrected chi connectivity index (χ3v) is 4.97. The predicted molar refractivity (Wildman–Crippen MR) is 85.1 cm³/mol. The van der Waals surface area contributed by atoms with E-state index in [1.807, 2.05) is 29.6 Å². The first-order valence-corrected chi connectivity index (χ1v) is 8.06. The summed E-state index contributed by atoms with van der Waals surface area (Å²) in [6.45, 7) is 1.52. The lowest BCUT2D eigenvalue weighted by atomic mass is 10.1. The molecule has 2 atom stereocenters. The Morgan fingerprint density at radius 3 is 2.86 bits per heavy atom. The van der Waals surface area contributed by atoms with Gasteiger partial charge in [-0.1, -0.05) is 24.3 Å². The Hall–Kier alpha value is -1.98. The van der Waals surface area contributed by atoms with Crippen LogP contribution in [-0.4, -0.2) is 22.9 Å². The van der Waals surface area contributed by atoms with E-state index < -0.39 is 6.10 Å². The van der Waals surface area contributed by atoms with E-state index >= 15 is 0 Å². The van der Waals surface area contributed by atoms with Crippen molar-refractivity contribution >= 4 is 23.0 Å². The fourth-order valence-corrected chi connectivity index (χ4v) is 3.63. The van der Waals surface area contributed by atoms with E-state index in [1.54, 1.807) is 6.07 Å². The maximum absolute atomic E-state index is 12.2. The third-order valence-electron chi connectivity index (χ3n) is 3.89. The molecule has 0 fully saturated rings. The van der Waals surface area contributed by atoms with Crippen molar-refractivity contribution < 1.29 is 14.7 Å². The molecule has 2 N–H and O–H groups in total. The zero-order chi connectivity index (χ0) is 15.7. The van der Waals surface area contributed by atoms with Crippen LogP contribution < -0.4 is 5.32 Å². The minimum absolute atomic E-state index is 0.0109. The number of thiophene rings is 1. The molecule has 5 heteroatoms. The second kappa shape index (κ2) is 6.02. The Bertz CT molecular complexity index is 722. The summed E-state index contributed by atoms with van der Waals surface area (Å²) >= 11 is 1.35. The molecule has 3 rings (SSSR count). The number of Topliss-reactive ketones (excluding diaryl/α,β-unsaturated/α-hetero) is 1. The molecule has 0 aliphatic heterocycles. The molecular formula is C17H17NO3S. The zero-order valence-corrected chi connectivity index (χ0v) is 13.0. The molecule has 1 heterocycles. The molecule has 1 aliphatic rings. The first-order valence-electron chi connectivity index (χ1n) is 7.18. The number of hydrogen-bond acceptors (Lipinski definition) is 4. The largest absolute Gasteiger partial charge is 0.390 e. The highest BCUT2D eigenvalue weighted by atomic mass is 32.1. The van der Waals surface area contributed by atoms with Crippen LogP contribution in [0.2, 0.25) is 0 Å². The second-order valence-electron chi connectivity index (χ2n) is 5.57. The molecule has 0 bridgehead atoms. The molecule has 1 aromatic heterocycles. The lowest BCUT2D eigenvalue weighted by molar-refractivity contribution is -0.121. The van der Waals surface area contributed by atoms with Crippen molar-refractivity contribution in [3.05, 3.63) is 57.3 Å². The molecule has 0 spiro atoms. The molecule has 4 nitrogen and oxygen atoms in total. The van der Waals surface area contributed by atoms with Gasteiger partial charge in [0.2, 0.25) is 5.91 Å². The Kier molecular flexibility index (Phi) is 4.09. The number of fused-ring (bicyclic) bond motifs is 1. The van der Waals surface area contributed by atoms with Crippen LogP contribution in [0.3, 0.4) is 0 Å². The van der Waals surface area contributed by atoms with Crippen LogP contribution in [0.5, 0.6) is 0 Å². The van der Waals surface area contributed by atoms with E-state index in [0.717, 1.165) is 16.7 Å². The van der Waals surface area contributed by atoms with Gasteiger partial charge in [0.1, 0.15) is 0 Å². The summed E-state index contributed by atoms with van der Waals surface area (Å²) in [5.41, 5.74) is 2.89. The van der Waals surface area contributed by atoms with Crippen LogP contribution in [0, 0.1) is 0 Å². The van der Waals surface area contributed by atoms with Crippen molar-refractivity contribution in [3.8, 4) is 0 Å². The van der Waals surface area contributed by atoms with Crippen molar-refractivity contribution in [2.75, 3.05) is 0 Å². The van der Waals surface area contributed by atoms with Crippen molar-refractivity contribution in [1.29, 1.82) is 0 Å². The SMILES string of the molecule is CC(=O)c1cc(CC(=O)NC2c3ccccc3CC2O)cs1. The smallest absolute Gasteiger partial charge is 0.225 e. The van der Waals surface area contributed by atoms with Gasteiger partial charge in [-0.3, -0.25) is 9.59 Å². The number of carbonyl (C=O) groups excluding carboxylic acids is 2. The Morgan fingerprint density at radius 2 is 2.14 bits per heavy atom. The van der Waals surface area contributed by atoms with Gasteiger partial charge in [-0.05, 0) is 35.1 Å². The fourth-order valence-electron chi connectivity index (χ4n) is 2.81. The molecule has 1 amide bonds. The highest BCUT2D eigenvalue weighted by Crippen LogP contribution is 2.31. The standard InChI is InChI=1S/C17H17NO3S/c1-10(19)15-6-11(9-22-15)7-16(21)18-17-13-5-3-2-4-12(13)8-14(17)20/h2-6,9,14,17,20H,7-8H2,1H3,(H,18,21). The van der Waals surface area contributed by atoms with Crippen LogP contribution in [0.25, 0.3) is 0 Å². The molecular weight excluding hydrogens is 298 g/mol. The summed E-state index contributed by atoms with van der Waals surface area (Å²) in [6.07, 6.45) is 0.194. The molecule has 0 radical (unpaired) electrons. The zero-order valence-electron chi connectivity index (χ0n) is 12.2. The highest BCUT2D eigenvalue weighted by molar-refractivity contribution is 7.12. The van der Waals surface area contributed by atoms with E-state index in [9.17, 15) is 14.7 Å². The van der Waals surface area contributed by atoms with Crippen LogP contribution >= 0.6 is 11.3 Å². The summed E-state index contributed by atoms with van der Waals surface area (Å²) in [6, 6.07) is 9.16. The number of hydrogen-bond donors (Lipinski definition) is 2. The van der Waals surface area contributed by atoms with Crippen LogP contribution in [0.1, 0.15) is 39.3 Å². The maximum atomic E-state index is 12.2. The number of benzene rings is 1. The number of aliphatic hydroxyl groups excluding tert-OH is 1. The Morgan fingerprint density at radius 1 is 1.36 bits per heavy atom. The Labute approximate surface area is 132 Å². The topological polar surface area (TPSA) is 66.4 Å². The van der Waals surface area contributed by atoms with Gasteiger partial charge in [0.05, 0.1) is 23.4 Å². The van der Waals surface area contributed by atoms with Crippen molar-refractivity contribution in [1.82, 2.24) is 5.32 Å². The number of ketones is 1. The van der Waals surface area contributed by atoms with E-state index in [-0.39, 0.29) is 24.2 Å². The van der Waals surface area contributed by atoms with Gasteiger partial charge in [-0.25, -0.2) is 0 Å². The normalized spacial score (nSPS) is 19.7. The molecule has 114 valence electrons. The molecule has 22 heavy (non-hydrogen) atoms. The second-order valence-corrected chi connectivity index (χ2v) is 6.48. The van der Waals surface area contributed by atoms with Crippen molar-refractivity contribution in [2.45, 2.75) is 31.9 Å². The minimum Gasteiger partial charge on any atom is -0.390 e. The molecule has 1 aromatic carbocycles. The van der Waals surface area contributed by atoms with Gasteiger partial charge >= 0.3 is 0 Å².